The van der Waals surface area contributed by atoms with Crippen LogP contribution in [0.3, 0.4) is 0 Å². The van der Waals surface area contributed by atoms with Crippen molar-refractivity contribution in [3.05, 3.63) is 36.7 Å². The van der Waals surface area contributed by atoms with Crippen molar-refractivity contribution in [2.24, 2.45) is 5.92 Å². The molecule has 84 valence electrons. The van der Waals surface area contributed by atoms with E-state index >= 15 is 0 Å². The van der Waals surface area contributed by atoms with Gasteiger partial charge in [-0.3, -0.25) is 0 Å². The molecule has 1 aliphatic heterocycles. The van der Waals surface area contributed by atoms with Crippen LogP contribution in [0.2, 0.25) is 0 Å². The molecule has 0 atom stereocenters. The average Bonchev–Trinajstić information content (AvgIpc) is 2.20. The molecule has 0 fully saturated rings. The van der Waals surface area contributed by atoms with Gasteiger partial charge in [0.2, 0.25) is 0 Å². The van der Waals surface area contributed by atoms with Gasteiger partial charge >= 0.3 is 0 Å². The Balaban J connectivity index is 2.07. The van der Waals surface area contributed by atoms with Crippen LogP contribution in [-0.4, -0.2) is 24.7 Å². The van der Waals surface area contributed by atoms with Gasteiger partial charge < -0.3 is 9.64 Å². The van der Waals surface area contributed by atoms with E-state index in [9.17, 15) is 0 Å². The molecule has 2 heteroatoms. The Bertz CT molecular complexity index is 253. The number of hydrogen-bond donors (Lipinski definition) is 0. The second-order valence-corrected chi connectivity index (χ2v) is 4.18. The van der Waals surface area contributed by atoms with Crippen molar-refractivity contribution in [1.82, 2.24) is 4.90 Å². The van der Waals surface area contributed by atoms with Crippen LogP contribution >= 0.6 is 0 Å². The Hall–Kier alpha value is -1.02. The molecule has 1 heterocycles. The van der Waals surface area contributed by atoms with Crippen LogP contribution < -0.4 is 0 Å². The predicted molar refractivity (Wildman–Crippen MR) is 64.4 cm³/mol. The third-order valence-corrected chi connectivity index (χ3v) is 2.35. The third kappa shape index (κ3) is 4.84. The number of ether oxygens (including phenoxy) is 1. The monoisotopic (exact) mass is 207 g/mol. The molecule has 0 saturated heterocycles. The molecule has 0 unspecified atom stereocenters. The second-order valence-electron chi connectivity index (χ2n) is 4.18. The molecular formula is C13H21NO. The fourth-order valence-electron chi connectivity index (χ4n) is 1.31. The maximum Gasteiger partial charge on any atom is 0.0645 e. The Kier molecular flexibility index (Phi) is 5.19. The van der Waals surface area contributed by atoms with Crippen molar-refractivity contribution < 1.29 is 4.74 Å². The lowest BCUT2D eigenvalue weighted by Crippen LogP contribution is -2.21. The highest BCUT2D eigenvalue weighted by Crippen LogP contribution is 2.09. The molecule has 0 aromatic carbocycles. The molecule has 2 nitrogen and oxygen atoms in total. The normalized spacial score (nSPS) is 15.4. The topological polar surface area (TPSA) is 12.5 Å². The highest BCUT2D eigenvalue weighted by atomic mass is 16.5. The Morgan fingerprint density at radius 2 is 2.13 bits per heavy atom. The van der Waals surface area contributed by atoms with E-state index in [4.69, 9.17) is 4.74 Å². The van der Waals surface area contributed by atoms with Crippen molar-refractivity contribution in [3.63, 3.8) is 0 Å². The van der Waals surface area contributed by atoms with Crippen molar-refractivity contribution in [3.8, 4) is 0 Å². The number of allylic oxidation sites excluding steroid dienone is 3. The van der Waals surface area contributed by atoms with Gasteiger partial charge in [-0.15, -0.1) is 0 Å². The number of hydrogen-bond acceptors (Lipinski definition) is 2. The molecule has 1 aliphatic rings. The number of rotatable bonds is 6. The second kappa shape index (κ2) is 6.46. The van der Waals surface area contributed by atoms with Gasteiger partial charge in [0, 0.05) is 25.0 Å². The van der Waals surface area contributed by atoms with E-state index in [1.165, 1.54) is 0 Å². The smallest absolute Gasteiger partial charge is 0.0645 e. The molecule has 0 aliphatic carbocycles. The molecule has 0 spiro atoms. The van der Waals surface area contributed by atoms with Crippen molar-refractivity contribution in [1.29, 1.82) is 0 Å². The summed E-state index contributed by atoms with van der Waals surface area (Å²) in [5.41, 5.74) is 1.03. The van der Waals surface area contributed by atoms with Gasteiger partial charge in [-0.25, -0.2) is 0 Å². The first-order valence-electron chi connectivity index (χ1n) is 5.58. The van der Waals surface area contributed by atoms with Crippen molar-refractivity contribution >= 4 is 0 Å². The van der Waals surface area contributed by atoms with E-state index in [0.29, 0.717) is 0 Å². The summed E-state index contributed by atoms with van der Waals surface area (Å²) < 4.78 is 5.55. The molecule has 0 aromatic rings. The number of nitrogens with zero attached hydrogens (tertiary/aromatic N) is 1. The van der Waals surface area contributed by atoms with E-state index in [-0.39, 0.29) is 0 Å². The van der Waals surface area contributed by atoms with E-state index in [0.717, 1.165) is 37.8 Å². The van der Waals surface area contributed by atoms with Gasteiger partial charge in [0.25, 0.3) is 0 Å². The van der Waals surface area contributed by atoms with Gasteiger partial charge in [0.15, 0.2) is 0 Å². The summed E-state index contributed by atoms with van der Waals surface area (Å²) in [6.45, 7) is 10.9. The van der Waals surface area contributed by atoms with Gasteiger partial charge in [-0.05, 0) is 24.5 Å². The zero-order valence-electron chi connectivity index (χ0n) is 9.78. The first-order valence-corrected chi connectivity index (χ1v) is 5.58. The lowest BCUT2D eigenvalue weighted by molar-refractivity contribution is 0.113. The minimum atomic E-state index is 0.720. The fourth-order valence-corrected chi connectivity index (χ4v) is 1.31. The maximum atomic E-state index is 5.55. The Labute approximate surface area is 92.9 Å². The molecule has 15 heavy (non-hydrogen) atoms. The maximum absolute atomic E-state index is 5.55. The summed E-state index contributed by atoms with van der Waals surface area (Å²) in [4.78, 5) is 2.11. The summed E-state index contributed by atoms with van der Waals surface area (Å²) in [6, 6.07) is 0. The summed E-state index contributed by atoms with van der Waals surface area (Å²) in [5, 5.41) is 0. The summed E-state index contributed by atoms with van der Waals surface area (Å²) in [6.07, 6.45) is 9.19. The van der Waals surface area contributed by atoms with Crippen LogP contribution in [0, 0.1) is 5.92 Å². The lowest BCUT2D eigenvalue weighted by atomic mass is 10.1. The summed E-state index contributed by atoms with van der Waals surface area (Å²) in [5.74, 6) is 0.720. The van der Waals surface area contributed by atoms with Crippen LogP contribution in [-0.2, 0) is 4.74 Å². The molecule has 0 saturated carbocycles. The van der Waals surface area contributed by atoms with E-state index in [2.05, 4.69) is 25.3 Å². The van der Waals surface area contributed by atoms with E-state index in [1.807, 2.05) is 24.4 Å². The molecule has 1 rings (SSSR count). The van der Waals surface area contributed by atoms with Crippen LogP contribution in [0.1, 0.15) is 20.3 Å². The standard InChI is InChI=1S/C13H21NO/c1-12(2)7-10-15-11-9-14-8-5-4-6-13(14)3/h4-6,8,12H,3,7,9-11H2,1-2H3. The van der Waals surface area contributed by atoms with Crippen LogP contribution in [0.25, 0.3) is 0 Å². The van der Waals surface area contributed by atoms with E-state index in [1.54, 1.807) is 0 Å². The minimum absolute atomic E-state index is 0.720. The van der Waals surface area contributed by atoms with Gasteiger partial charge in [0.1, 0.15) is 0 Å². The lowest BCUT2D eigenvalue weighted by Gasteiger charge is -2.22. The zero-order valence-corrected chi connectivity index (χ0v) is 9.78. The highest BCUT2D eigenvalue weighted by molar-refractivity contribution is 5.25. The summed E-state index contributed by atoms with van der Waals surface area (Å²) in [7, 11) is 0. The van der Waals surface area contributed by atoms with Crippen LogP contribution in [0.15, 0.2) is 36.7 Å². The molecule has 0 bridgehead atoms. The van der Waals surface area contributed by atoms with Crippen LogP contribution in [0.5, 0.6) is 0 Å². The predicted octanol–water partition coefficient (Wildman–Crippen LogP) is 2.95. The molecule has 0 radical (unpaired) electrons. The zero-order chi connectivity index (χ0) is 11.1. The van der Waals surface area contributed by atoms with Gasteiger partial charge in [-0.1, -0.05) is 26.5 Å². The summed E-state index contributed by atoms with van der Waals surface area (Å²) >= 11 is 0. The Morgan fingerprint density at radius 1 is 1.33 bits per heavy atom. The molecule has 0 aromatic heterocycles. The van der Waals surface area contributed by atoms with Gasteiger partial charge in [-0.2, -0.15) is 0 Å². The first-order chi connectivity index (χ1) is 7.20. The van der Waals surface area contributed by atoms with E-state index < -0.39 is 0 Å². The van der Waals surface area contributed by atoms with Crippen LogP contribution in [0.4, 0.5) is 0 Å². The SMILES string of the molecule is C=C1C=CC=CN1CCOCCC(C)C. The fraction of sp³-hybridized carbons (Fsp3) is 0.538. The molecule has 0 N–H and O–H groups in total. The van der Waals surface area contributed by atoms with Crippen molar-refractivity contribution in [2.45, 2.75) is 20.3 Å². The molecule has 0 amide bonds. The largest absolute Gasteiger partial charge is 0.380 e. The highest BCUT2D eigenvalue weighted by Gasteiger charge is 2.03. The third-order valence-electron chi connectivity index (χ3n) is 2.35. The average molecular weight is 207 g/mol. The minimum Gasteiger partial charge on any atom is -0.380 e. The van der Waals surface area contributed by atoms with Gasteiger partial charge in [0.05, 0.1) is 6.61 Å². The quantitative estimate of drug-likeness (QED) is 0.621. The first kappa shape index (κ1) is 12.1. The molecular weight excluding hydrogens is 186 g/mol. The Morgan fingerprint density at radius 3 is 2.80 bits per heavy atom. The van der Waals surface area contributed by atoms with Crippen molar-refractivity contribution in [2.75, 3.05) is 19.8 Å².